The van der Waals surface area contributed by atoms with E-state index in [1.54, 1.807) is 24.3 Å². The Kier molecular flexibility index (Phi) is 5.19. The molecule has 22 heavy (non-hydrogen) atoms. The summed E-state index contributed by atoms with van der Waals surface area (Å²) < 4.78 is 17.9. The van der Waals surface area contributed by atoms with Crippen molar-refractivity contribution in [3.63, 3.8) is 0 Å². The van der Waals surface area contributed by atoms with Crippen LogP contribution in [0.15, 0.2) is 48.7 Å². The maximum absolute atomic E-state index is 13.2. The van der Waals surface area contributed by atoms with Crippen LogP contribution >= 0.6 is 0 Å². The highest BCUT2D eigenvalue weighted by Crippen LogP contribution is 2.08. The van der Waals surface area contributed by atoms with E-state index in [-0.39, 0.29) is 12.1 Å². The normalized spacial score (nSPS) is 11.5. The molecule has 114 valence electrons. The summed E-state index contributed by atoms with van der Waals surface area (Å²) in [6.07, 6.45) is 1.61. The molecule has 0 saturated heterocycles. The Morgan fingerprint density at radius 2 is 2.09 bits per heavy atom. The molecule has 6 heteroatoms. The van der Waals surface area contributed by atoms with Crippen LogP contribution in [0.1, 0.15) is 16.1 Å². The zero-order valence-electron chi connectivity index (χ0n) is 12.0. The van der Waals surface area contributed by atoms with Gasteiger partial charge in [0.1, 0.15) is 17.6 Å². The van der Waals surface area contributed by atoms with Gasteiger partial charge in [-0.1, -0.05) is 18.2 Å². The molecule has 2 aromatic rings. The van der Waals surface area contributed by atoms with Crippen molar-refractivity contribution in [2.45, 2.75) is 12.5 Å². The largest absolute Gasteiger partial charge is 0.467 e. The number of halogens is 1. The molecule has 0 aliphatic carbocycles. The van der Waals surface area contributed by atoms with Crippen LogP contribution < -0.4 is 5.32 Å². The Bertz CT molecular complexity index is 661. The van der Waals surface area contributed by atoms with Crippen LogP contribution in [0.25, 0.3) is 0 Å². The van der Waals surface area contributed by atoms with E-state index in [9.17, 15) is 14.0 Å². The molecule has 2 rings (SSSR count). The van der Waals surface area contributed by atoms with Gasteiger partial charge in [0.15, 0.2) is 0 Å². The molecule has 1 atom stereocenters. The second-order valence-electron chi connectivity index (χ2n) is 4.60. The average molecular weight is 302 g/mol. The van der Waals surface area contributed by atoms with Gasteiger partial charge in [0.2, 0.25) is 0 Å². The predicted molar refractivity (Wildman–Crippen MR) is 77.6 cm³/mol. The van der Waals surface area contributed by atoms with Gasteiger partial charge in [-0.2, -0.15) is 0 Å². The molecule has 1 heterocycles. The SMILES string of the molecule is COC(=O)[C@H](Cc1cccc(F)c1)NC(=O)c1ccccn1. The van der Waals surface area contributed by atoms with Crippen LogP contribution in [0.3, 0.4) is 0 Å². The number of hydrogen-bond donors (Lipinski definition) is 1. The number of rotatable bonds is 5. The van der Waals surface area contributed by atoms with Gasteiger partial charge in [-0.05, 0) is 29.8 Å². The molecule has 0 bridgehead atoms. The number of aromatic nitrogens is 1. The molecule has 0 unspecified atom stereocenters. The van der Waals surface area contributed by atoms with Gasteiger partial charge in [0.25, 0.3) is 5.91 Å². The number of ether oxygens (including phenoxy) is 1. The summed E-state index contributed by atoms with van der Waals surface area (Å²) in [5, 5.41) is 2.55. The highest BCUT2D eigenvalue weighted by molar-refractivity contribution is 5.95. The van der Waals surface area contributed by atoms with Gasteiger partial charge in [0.05, 0.1) is 7.11 Å². The molecule has 1 aromatic carbocycles. The van der Waals surface area contributed by atoms with Crippen LogP contribution in [0, 0.1) is 5.82 Å². The topological polar surface area (TPSA) is 68.3 Å². The van der Waals surface area contributed by atoms with E-state index >= 15 is 0 Å². The lowest BCUT2D eigenvalue weighted by Crippen LogP contribution is -2.43. The molecule has 0 radical (unpaired) electrons. The minimum absolute atomic E-state index is 0.128. The molecule has 0 spiro atoms. The van der Waals surface area contributed by atoms with Crippen molar-refractivity contribution in [1.82, 2.24) is 10.3 Å². The molecular formula is C16H15FN2O3. The number of pyridine rings is 1. The lowest BCUT2D eigenvalue weighted by molar-refractivity contribution is -0.142. The van der Waals surface area contributed by atoms with Gasteiger partial charge in [-0.25, -0.2) is 9.18 Å². The fraction of sp³-hybridized carbons (Fsp3) is 0.188. The van der Waals surface area contributed by atoms with Crippen LogP contribution in [-0.4, -0.2) is 30.0 Å². The number of carbonyl (C=O) groups is 2. The Hall–Kier alpha value is -2.76. The van der Waals surface area contributed by atoms with E-state index in [1.165, 1.54) is 31.5 Å². The fourth-order valence-corrected chi connectivity index (χ4v) is 1.96. The number of nitrogens with zero attached hydrogens (tertiary/aromatic N) is 1. The third kappa shape index (κ3) is 4.12. The summed E-state index contributed by atoms with van der Waals surface area (Å²) in [6, 6.07) is 9.80. The number of esters is 1. The van der Waals surface area contributed by atoms with E-state index in [0.717, 1.165) is 0 Å². The second-order valence-corrected chi connectivity index (χ2v) is 4.60. The summed E-state index contributed by atoms with van der Waals surface area (Å²) in [4.78, 5) is 27.8. The van der Waals surface area contributed by atoms with Crippen molar-refractivity contribution < 1.29 is 18.7 Å². The number of benzene rings is 1. The van der Waals surface area contributed by atoms with Crippen molar-refractivity contribution in [1.29, 1.82) is 0 Å². The monoisotopic (exact) mass is 302 g/mol. The van der Waals surface area contributed by atoms with E-state index in [0.29, 0.717) is 5.56 Å². The highest BCUT2D eigenvalue weighted by atomic mass is 19.1. The first-order valence-corrected chi connectivity index (χ1v) is 6.64. The smallest absolute Gasteiger partial charge is 0.328 e. The maximum atomic E-state index is 13.2. The van der Waals surface area contributed by atoms with Crippen molar-refractivity contribution in [2.75, 3.05) is 7.11 Å². The lowest BCUT2D eigenvalue weighted by Gasteiger charge is -2.16. The van der Waals surface area contributed by atoms with E-state index in [4.69, 9.17) is 0 Å². The summed E-state index contributed by atoms with van der Waals surface area (Å²) in [7, 11) is 1.23. The molecular weight excluding hydrogens is 287 g/mol. The van der Waals surface area contributed by atoms with E-state index in [2.05, 4.69) is 15.0 Å². The highest BCUT2D eigenvalue weighted by Gasteiger charge is 2.23. The van der Waals surface area contributed by atoms with Crippen molar-refractivity contribution in [2.24, 2.45) is 0 Å². The molecule has 0 saturated carbocycles. The standard InChI is InChI=1S/C16H15FN2O3/c1-22-16(21)14(10-11-5-4-6-12(17)9-11)19-15(20)13-7-2-3-8-18-13/h2-9,14H,10H2,1H3,(H,19,20)/t14-/m0/s1. The molecule has 1 N–H and O–H groups in total. The van der Waals surface area contributed by atoms with Crippen molar-refractivity contribution in [3.8, 4) is 0 Å². The Labute approximate surface area is 127 Å². The van der Waals surface area contributed by atoms with E-state index in [1.807, 2.05) is 0 Å². The first-order chi connectivity index (χ1) is 10.6. The molecule has 5 nitrogen and oxygen atoms in total. The van der Waals surface area contributed by atoms with Gasteiger partial charge in [0, 0.05) is 12.6 Å². The predicted octanol–water partition coefficient (Wildman–Crippen LogP) is 1.73. The van der Waals surface area contributed by atoms with Gasteiger partial charge < -0.3 is 10.1 Å². The maximum Gasteiger partial charge on any atom is 0.328 e. The number of hydrogen-bond acceptors (Lipinski definition) is 4. The molecule has 0 aliphatic heterocycles. The summed E-state index contributed by atoms with van der Waals surface area (Å²) in [5.74, 6) is -1.50. The van der Waals surface area contributed by atoms with Gasteiger partial charge in [-0.15, -0.1) is 0 Å². The lowest BCUT2D eigenvalue weighted by atomic mass is 10.1. The first-order valence-electron chi connectivity index (χ1n) is 6.64. The Balaban J connectivity index is 2.13. The quantitative estimate of drug-likeness (QED) is 0.854. The molecule has 1 amide bonds. The van der Waals surface area contributed by atoms with Gasteiger partial charge in [-0.3, -0.25) is 9.78 Å². The van der Waals surface area contributed by atoms with Crippen LogP contribution in [0.4, 0.5) is 4.39 Å². The summed E-state index contributed by atoms with van der Waals surface area (Å²) in [6.45, 7) is 0. The van der Waals surface area contributed by atoms with Crippen LogP contribution in [-0.2, 0) is 16.0 Å². The van der Waals surface area contributed by atoms with Crippen molar-refractivity contribution in [3.05, 3.63) is 65.7 Å². The third-order valence-electron chi connectivity index (χ3n) is 3.02. The molecule has 0 fully saturated rings. The number of carbonyl (C=O) groups excluding carboxylic acids is 2. The first kappa shape index (κ1) is 15.6. The van der Waals surface area contributed by atoms with Crippen molar-refractivity contribution >= 4 is 11.9 Å². The number of methoxy groups -OCH3 is 1. The summed E-state index contributed by atoms with van der Waals surface area (Å²) >= 11 is 0. The second kappa shape index (κ2) is 7.31. The third-order valence-corrected chi connectivity index (χ3v) is 3.02. The molecule has 0 aliphatic rings. The average Bonchev–Trinajstić information content (AvgIpc) is 2.54. The Morgan fingerprint density at radius 3 is 2.73 bits per heavy atom. The zero-order chi connectivity index (χ0) is 15.9. The minimum atomic E-state index is -0.915. The fourth-order valence-electron chi connectivity index (χ4n) is 1.96. The van der Waals surface area contributed by atoms with Crippen LogP contribution in [0.5, 0.6) is 0 Å². The van der Waals surface area contributed by atoms with Gasteiger partial charge >= 0.3 is 5.97 Å². The minimum Gasteiger partial charge on any atom is -0.467 e. The summed E-state index contributed by atoms with van der Waals surface area (Å²) in [5.41, 5.74) is 0.771. The Morgan fingerprint density at radius 1 is 1.27 bits per heavy atom. The van der Waals surface area contributed by atoms with Crippen LogP contribution in [0.2, 0.25) is 0 Å². The zero-order valence-corrected chi connectivity index (χ0v) is 12.0. The van der Waals surface area contributed by atoms with E-state index < -0.39 is 23.7 Å². The number of amides is 1. The number of nitrogens with one attached hydrogen (secondary N) is 1. The molecule has 1 aromatic heterocycles.